The largest absolute Gasteiger partial charge is 0.317 e. The van der Waals surface area contributed by atoms with E-state index in [-0.39, 0.29) is 6.04 Å². The van der Waals surface area contributed by atoms with Gasteiger partial charge in [-0.1, -0.05) is 18.2 Å². The first-order valence-electron chi connectivity index (χ1n) is 8.68. The topological polar surface area (TPSA) is 52.7 Å². The van der Waals surface area contributed by atoms with Gasteiger partial charge in [0.05, 0.1) is 4.90 Å². The third-order valence-corrected chi connectivity index (χ3v) is 6.87. The number of likely N-dealkylation sites (tertiary alicyclic amines) is 1. The lowest BCUT2D eigenvalue weighted by molar-refractivity contribution is 0.228. The molecular formula is C17H27N3O2S. The van der Waals surface area contributed by atoms with Gasteiger partial charge in [-0.25, -0.2) is 8.42 Å². The molecule has 0 unspecified atom stereocenters. The highest BCUT2D eigenvalue weighted by molar-refractivity contribution is 7.89. The summed E-state index contributed by atoms with van der Waals surface area (Å²) < 4.78 is 28.0. The quantitative estimate of drug-likeness (QED) is 0.855. The van der Waals surface area contributed by atoms with E-state index in [9.17, 15) is 8.42 Å². The number of hydrogen-bond acceptors (Lipinski definition) is 4. The maximum atomic E-state index is 13.1. The van der Waals surface area contributed by atoms with Crippen molar-refractivity contribution in [1.82, 2.24) is 14.5 Å². The van der Waals surface area contributed by atoms with Crippen molar-refractivity contribution in [2.45, 2.75) is 36.6 Å². The number of nitrogens with one attached hydrogen (secondary N) is 1. The SMILES string of the molecule is O=S(=O)(c1ccccc1)N(CCN1CCCC1)C1CCNCC1. The van der Waals surface area contributed by atoms with Crippen LogP contribution in [0, 0.1) is 0 Å². The molecule has 0 spiro atoms. The average Bonchev–Trinajstić information content (AvgIpc) is 3.10. The number of sulfonamides is 1. The summed E-state index contributed by atoms with van der Waals surface area (Å²) in [4.78, 5) is 2.80. The first-order chi connectivity index (χ1) is 11.2. The van der Waals surface area contributed by atoms with Gasteiger partial charge >= 0.3 is 0 Å². The van der Waals surface area contributed by atoms with Crippen LogP contribution < -0.4 is 5.32 Å². The maximum Gasteiger partial charge on any atom is 0.243 e. The van der Waals surface area contributed by atoms with E-state index in [1.807, 2.05) is 6.07 Å². The Kier molecular flexibility index (Phi) is 5.69. The first kappa shape index (κ1) is 16.9. The van der Waals surface area contributed by atoms with E-state index in [4.69, 9.17) is 0 Å². The maximum absolute atomic E-state index is 13.1. The molecule has 2 saturated heterocycles. The second-order valence-electron chi connectivity index (χ2n) is 6.46. The van der Waals surface area contributed by atoms with E-state index < -0.39 is 10.0 Å². The van der Waals surface area contributed by atoms with Crippen LogP contribution in [0.4, 0.5) is 0 Å². The molecule has 3 rings (SSSR count). The molecule has 0 aromatic heterocycles. The number of hydrogen-bond donors (Lipinski definition) is 1. The third-order valence-electron chi connectivity index (χ3n) is 4.90. The molecule has 23 heavy (non-hydrogen) atoms. The normalized spacial score (nSPS) is 21.1. The van der Waals surface area contributed by atoms with Crippen molar-refractivity contribution in [1.29, 1.82) is 0 Å². The molecule has 5 nitrogen and oxygen atoms in total. The molecule has 6 heteroatoms. The van der Waals surface area contributed by atoms with E-state index in [0.717, 1.165) is 45.6 Å². The van der Waals surface area contributed by atoms with Gasteiger partial charge in [-0.05, 0) is 64.0 Å². The Bertz CT molecular complexity index is 579. The Hall–Kier alpha value is -0.950. The van der Waals surface area contributed by atoms with Crippen LogP contribution in [0.5, 0.6) is 0 Å². The van der Waals surface area contributed by atoms with Gasteiger partial charge < -0.3 is 10.2 Å². The Morgan fingerprint density at radius 1 is 1.09 bits per heavy atom. The molecule has 1 aromatic carbocycles. The van der Waals surface area contributed by atoms with E-state index in [2.05, 4.69) is 10.2 Å². The smallest absolute Gasteiger partial charge is 0.243 e. The van der Waals surface area contributed by atoms with Gasteiger partial charge in [0, 0.05) is 19.1 Å². The van der Waals surface area contributed by atoms with Crippen LogP contribution in [-0.4, -0.2) is 62.9 Å². The number of nitrogens with zero attached hydrogens (tertiary/aromatic N) is 2. The molecule has 0 radical (unpaired) electrons. The summed E-state index contributed by atoms with van der Waals surface area (Å²) >= 11 is 0. The number of piperidine rings is 1. The fourth-order valence-electron chi connectivity index (χ4n) is 3.57. The predicted molar refractivity (Wildman–Crippen MR) is 91.9 cm³/mol. The predicted octanol–water partition coefficient (Wildman–Crippen LogP) is 1.53. The van der Waals surface area contributed by atoms with Crippen LogP contribution in [0.3, 0.4) is 0 Å². The van der Waals surface area contributed by atoms with E-state index >= 15 is 0 Å². The van der Waals surface area contributed by atoms with Gasteiger partial charge in [0.1, 0.15) is 0 Å². The van der Waals surface area contributed by atoms with Crippen LogP contribution in [0.15, 0.2) is 35.2 Å². The minimum atomic E-state index is -3.41. The minimum absolute atomic E-state index is 0.115. The zero-order valence-corrected chi connectivity index (χ0v) is 14.5. The van der Waals surface area contributed by atoms with Crippen LogP contribution in [0.2, 0.25) is 0 Å². The summed E-state index contributed by atoms with van der Waals surface area (Å²) in [5.74, 6) is 0. The van der Waals surface area contributed by atoms with Crippen molar-refractivity contribution in [2.75, 3.05) is 39.3 Å². The van der Waals surface area contributed by atoms with Gasteiger partial charge in [-0.2, -0.15) is 4.31 Å². The fourth-order valence-corrected chi connectivity index (χ4v) is 5.26. The summed E-state index contributed by atoms with van der Waals surface area (Å²) in [6.45, 7) is 5.44. The molecule has 0 amide bonds. The van der Waals surface area contributed by atoms with Crippen LogP contribution in [0.25, 0.3) is 0 Å². The number of rotatable bonds is 6. The molecule has 2 fully saturated rings. The number of benzene rings is 1. The Morgan fingerprint density at radius 2 is 1.74 bits per heavy atom. The van der Waals surface area contributed by atoms with Crippen molar-refractivity contribution in [3.05, 3.63) is 30.3 Å². The second-order valence-corrected chi connectivity index (χ2v) is 8.35. The molecule has 2 heterocycles. The lowest BCUT2D eigenvalue weighted by atomic mass is 10.1. The zero-order chi connectivity index (χ0) is 16.1. The highest BCUT2D eigenvalue weighted by atomic mass is 32.2. The molecule has 0 bridgehead atoms. The molecule has 128 valence electrons. The van der Waals surface area contributed by atoms with Gasteiger partial charge in [0.25, 0.3) is 0 Å². The summed E-state index contributed by atoms with van der Waals surface area (Å²) in [5.41, 5.74) is 0. The summed E-state index contributed by atoms with van der Waals surface area (Å²) in [7, 11) is -3.41. The monoisotopic (exact) mass is 337 g/mol. The average molecular weight is 337 g/mol. The van der Waals surface area contributed by atoms with Gasteiger partial charge in [-0.15, -0.1) is 0 Å². The molecule has 1 N–H and O–H groups in total. The van der Waals surface area contributed by atoms with E-state index in [1.54, 1.807) is 28.6 Å². The third kappa shape index (κ3) is 4.12. The van der Waals surface area contributed by atoms with Gasteiger partial charge in [0.15, 0.2) is 0 Å². The summed E-state index contributed by atoms with van der Waals surface area (Å²) in [6.07, 6.45) is 4.26. The van der Waals surface area contributed by atoms with Crippen LogP contribution in [0.1, 0.15) is 25.7 Å². The molecule has 1 aromatic rings. The second kappa shape index (κ2) is 7.75. The Balaban J connectivity index is 1.78. The molecule has 2 aliphatic rings. The molecule has 0 aliphatic carbocycles. The standard InChI is InChI=1S/C17H27N3O2S/c21-23(22,17-6-2-1-3-7-17)20(16-8-10-18-11-9-16)15-14-19-12-4-5-13-19/h1-3,6-7,16,18H,4-5,8-15H2. The fraction of sp³-hybridized carbons (Fsp3) is 0.647. The molecule has 0 atom stereocenters. The highest BCUT2D eigenvalue weighted by Crippen LogP contribution is 2.22. The zero-order valence-electron chi connectivity index (χ0n) is 13.7. The van der Waals surface area contributed by atoms with E-state index in [0.29, 0.717) is 11.4 Å². The molecule has 0 saturated carbocycles. The van der Waals surface area contributed by atoms with Crippen molar-refractivity contribution in [2.24, 2.45) is 0 Å². The van der Waals surface area contributed by atoms with Crippen molar-refractivity contribution in [3.8, 4) is 0 Å². The first-order valence-corrected chi connectivity index (χ1v) is 10.1. The molecular weight excluding hydrogens is 310 g/mol. The Morgan fingerprint density at radius 3 is 2.39 bits per heavy atom. The van der Waals surface area contributed by atoms with Crippen LogP contribution >= 0.6 is 0 Å². The molecule has 2 aliphatic heterocycles. The van der Waals surface area contributed by atoms with Gasteiger partial charge in [0.2, 0.25) is 10.0 Å². The minimum Gasteiger partial charge on any atom is -0.317 e. The van der Waals surface area contributed by atoms with E-state index in [1.165, 1.54) is 12.8 Å². The van der Waals surface area contributed by atoms with Gasteiger partial charge in [-0.3, -0.25) is 0 Å². The van der Waals surface area contributed by atoms with Crippen LogP contribution in [-0.2, 0) is 10.0 Å². The summed E-state index contributed by atoms with van der Waals surface area (Å²) in [6, 6.07) is 8.99. The highest BCUT2D eigenvalue weighted by Gasteiger charge is 2.32. The Labute approximate surface area is 139 Å². The summed E-state index contributed by atoms with van der Waals surface area (Å²) in [5, 5.41) is 3.33. The lowest BCUT2D eigenvalue weighted by Crippen LogP contribution is -2.48. The van der Waals surface area contributed by atoms with Crippen molar-refractivity contribution < 1.29 is 8.42 Å². The van der Waals surface area contributed by atoms with Crippen molar-refractivity contribution in [3.63, 3.8) is 0 Å². The lowest BCUT2D eigenvalue weighted by Gasteiger charge is -2.34. The van der Waals surface area contributed by atoms with Crippen molar-refractivity contribution >= 4 is 10.0 Å².